The Kier molecular flexibility index (Phi) is 2.49. The number of hydrogen-bond donors (Lipinski definition) is 2. The zero-order chi connectivity index (χ0) is 10.4. The number of nitrogens with zero attached hydrogens (tertiary/aromatic N) is 1. The summed E-state index contributed by atoms with van der Waals surface area (Å²) in [7, 11) is 0. The third-order valence-corrected chi connectivity index (χ3v) is 4.68. The maximum absolute atomic E-state index is 9.76. The van der Waals surface area contributed by atoms with Crippen molar-refractivity contribution in [3.8, 4) is 0 Å². The molecule has 15 heavy (non-hydrogen) atoms. The first-order valence-corrected chi connectivity index (χ1v) is 6.47. The fourth-order valence-electron chi connectivity index (χ4n) is 4.07. The molecule has 3 fully saturated rings. The van der Waals surface area contributed by atoms with E-state index < -0.39 is 0 Å². The van der Waals surface area contributed by atoms with Crippen LogP contribution in [0, 0.1) is 0 Å². The first-order chi connectivity index (χ1) is 7.25. The largest absolute Gasteiger partial charge is 0.393 e. The summed E-state index contributed by atoms with van der Waals surface area (Å²) in [5.41, 5.74) is 6.19. The van der Waals surface area contributed by atoms with Gasteiger partial charge in [0, 0.05) is 24.2 Å². The standard InChI is InChI=1S/C12H22N2O/c13-11-2-1-3-12(11)14-8-4-5-9(14)7-10(15)6-8/h8-12,15H,1-7,13H2. The molecular formula is C12H22N2O. The van der Waals surface area contributed by atoms with Gasteiger partial charge in [-0.2, -0.15) is 0 Å². The van der Waals surface area contributed by atoms with Crippen LogP contribution in [0.5, 0.6) is 0 Å². The molecule has 1 saturated carbocycles. The number of aliphatic hydroxyl groups excluding tert-OH is 1. The van der Waals surface area contributed by atoms with Crippen molar-refractivity contribution < 1.29 is 5.11 Å². The molecule has 1 aliphatic carbocycles. The molecule has 86 valence electrons. The zero-order valence-corrected chi connectivity index (χ0v) is 9.31. The predicted octanol–water partition coefficient (Wildman–Crippen LogP) is 0.854. The number of aliphatic hydroxyl groups is 1. The summed E-state index contributed by atoms with van der Waals surface area (Å²) < 4.78 is 0. The van der Waals surface area contributed by atoms with E-state index in [-0.39, 0.29) is 6.10 Å². The monoisotopic (exact) mass is 210 g/mol. The average molecular weight is 210 g/mol. The lowest BCUT2D eigenvalue weighted by Crippen LogP contribution is -2.54. The van der Waals surface area contributed by atoms with Gasteiger partial charge in [0.2, 0.25) is 0 Å². The Hall–Kier alpha value is -0.120. The molecule has 3 heteroatoms. The number of piperidine rings is 1. The molecular weight excluding hydrogens is 188 g/mol. The SMILES string of the molecule is NC1CCCC1N1C2CCC1CC(O)C2. The zero-order valence-electron chi connectivity index (χ0n) is 9.31. The van der Waals surface area contributed by atoms with Crippen LogP contribution in [0.25, 0.3) is 0 Å². The lowest BCUT2D eigenvalue weighted by Gasteiger charge is -2.42. The Balaban J connectivity index is 1.76. The highest BCUT2D eigenvalue weighted by Gasteiger charge is 2.45. The van der Waals surface area contributed by atoms with E-state index in [1.54, 1.807) is 0 Å². The molecule has 3 rings (SSSR count). The van der Waals surface area contributed by atoms with Gasteiger partial charge in [-0.3, -0.25) is 4.90 Å². The molecule has 2 saturated heterocycles. The van der Waals surface area contributed by atoms with Crippen molar-refractivity contribution in [2.24, 2.45) is 5.73 Å². The molecule has 0 aromatic rings. The van der Waals surface area contributed by atoms with E-state index in [1.165, 1.54) is 32.1 Å². The van der Waals surface area contributed by atoms with E-state index in [1.807, 2.05) is 0 Å². The molecule has 0 amide bonds. The number of nitrogens with two attached hydrogens (primary N) is 1. The van der Waals surface area contributed by atoms with Gasteiger partial charge in [-0.05, 0) is 38.5 Å². The fourth-order valence-corrected chi connectivity index (χ4v) is 4.07. The second-order valence-corrected chi connectivity index (χ2v) is 5.62. The van der Waals surface area contributed by atoms with Gasteiger partial charge in [0.1, 0.15) is 0 Å². The van der Waals surface area contributed by atoms with Crippen LogP contribution >= 0.6 is 0 Å². The van der Waals surface area contributed by atoms with Crippen molar-refractivity contribution in [3.05, 3.63) is 0 Å². The molecule has 0 aromatic heterocycles. The second-order valence-electron chi connectivity index (χ2n) is 5.62. The quantitative estimate of drug-likeness (QED) is 0.674. The first kappa shape index (κ1) is 10.1. The molecule has 2 heterocycles. The molecule has 2 aliphatic heterocycles. The maximum atomic E-state index is 9.76. The van der Waals surface area contributed by atoms with Crippen molar-refractivity contribution >= 4 is 0 Å². The van der Waals surface area contributed by atoms with Gasteiger partial charge in [-0.25, -0.2) is 0 Å². The van der Waals surface area contributed by atoms with E-state index >= 15 is 0 Å². The Morgan fingerprint density at radius 2 is 1.67 bits per heavy atom. The van der Waals surface area contributed by atoms with E-state index in [0.717, 1.165) is 12.8 Å². The van der Waals surface area contributed by atoms with Crippen molar-refractivity contribution in [3.63, 3.8) is 0 Å². The smallest absolute Gasteiger partial charge is 0.0570 e. The normalized spacial score (nSPS) is 51.2. The summed E-state index contributed by atoms with van der Waals surface area (Å²) >= 11 is 0. The van der Waals surface area contributed by atoms with Gasteiger partial charge in [0.15, 0.2) is 0 Å². The summed E-state index contributed by atoms with van der Waals surface area (Å²) in [6.07, 6.45) is 8.27. The van der Waals surface area contributed by atoms with Crippen LogP contribution in [0.2, 0.25) is 0 Å². The van der Waals surface area contributed by atoms with Crippen LogP contribution in [0.15, 0.2) is 0 Å². The molecule has 4 unspecified atom stereocenters. The molecule has 2 bridgehead atoms. The molecule has 4 atom stereocenters. The molecule has 3 N–H and O–H groups in total. The molecule has 0 radical (unpaired) electrons. The minimum Gasteiger partial charge on any atom is -0.393 e. The maximum Gasteiger partial charge on any atom is 0.0570 e. The van der Waals surface area contributed by atoms with Gasteiger partial charge >= 0.3 is 0 Å². The van der Waals surface area contributed by atoms with Crippen LogP contribution in [-0.2, 0) is 0 Å². The highest BCUT2D eigenvalue weighted by atomic mass is 16.3. The Morgan fingerprint density at radius 3 is 2.20 bits per heavy atom. The summed E-state index contributed by atoms with van der Waals surface area (Å²) in [5, 5.41) is 9.76. The minimum absolute atomic E-state index is 0.0450. The van der Waals surface area contributed by atoms with E-state index in [0.29, 0.717) is 24.2 Å². The van der Waals surface area contributed by atoms with Gasteiger partial charge in [0.25, 0.3) is 0 Å². The van der Waals surface area contributed by atoms with Crippen molar-refractivity contribution in [2.45, 2.75) is 75.2 Å². The Morgan fingerprint density at radius 1 is 1.00 bits per heavy atom. The van der Waals surface area contributed by atoms with E-state index in [2.05, 4.69) is 4.90 Å². The third kappa shape index (κ3) is 1.61. The number of hydrogen-bond acceptors (Lipinski definition) is 3. The van der Waals surface area contributed by atoms with Crippen LogP contribution in [0.1, 0.15) is 44.9 Å². The van der Waals surface area contributed by atoms with Crippen LogP contribution in [0.4, 0.5) is 0 Å². The van der Waals surface area contributed by atoms with Crippen LogP contribution in [-0.4, -0.2) is 40.3 Å². The molecule has 0 spiro atoms. The van der Waals surface area contributed by atoms with E-state index in [4.69, 9.17) is 5.73 Å². The topological polar surface area (TPSA) is 49.5 Å². The summed E-state index contributed by atoms with van der Waals surface area (Å²) in [6.45, 7) is 0. The predicted molar refractivity (Wildman–Crippen MR) is 59.5 cm³/mol. The highest BCUT2D eigenvalue weighted by Crippen LogP contribution is 2.40. The lowest BCUT2D eigenvalue weighted by molar-refractivity contribution is 0.00819. The third-order valence-electron chi connectivity index (χ3n) is 4.68. The second kappa shape index (κ2) is 3.72. The highest BCUT2D eigenvalue weighted by molar-refractivity contribution is 5.02. The molecule has 3 nitrogen and oxygen atoms in total. The number of rotatable bonds is 1. The van der Waals surface area contributed by atoms with Crippen molar-refractivity contribution in [1.82, 2.24) is 4.90 Å². The van der Waals surface area contributed by atoms with Crippen molar-refractivity contribution in [2.75, 3.05) is 0 Å². The van der Waals surface area contributed by atoms with Crippen LogP contribution in [0.3, 0.4) is 0 Å². The summed E-state index contributed by atoms with van der Waals surface area (Å²) in [5.74, 6) is 0. The number of fused-ring (bicyclic) bond motifs is 2. The molecule has 3 aliphatic rings. The first-order valence-electron chi connectivity index (χ1n) is 6.47. The average Bonchev–Trinajstić information content (AvgIpc) is 2.69. The molecule has 0 aromatic carbocycles. The van der Waals surface area contributed by atoms with Crippen LogP contribution < -0.4 is 5.73 Å². The van der Waals surface area contributed by atoms with E-state index in [9.17, 15) is 5.11 Å². The summed E-state index contributed by atoms with van der Waals surface area (Å²) in [6, 6.07) is 2.28. The van der Waals surface area contributed by atoms with Gasteiger partial charge < -0.3 is 10.8 Å². The van der Waals surface area contributed by atoms with Gasteiger partial charge in [0.05, 0.1) is 6.10 Å². The van der Waals surface area contributed by atoms with Crippen molar-refractivity contribution in [1.29, 1.82) is 0 Å². The fraction of sp³-hybridized carbons (Fsp3) is 1.00. The minimum atomic E-state index is -0.0450. The summed E-state index contributed by atoms with van der Waals surface area (Å²) in [4.78, 5) is 2.67. The van der Waals surface area contributed by atoms with Gasteiger partial charge in [-0.1, -0.05) is 6.42 Å². The lowest BCUT2D eigenvalue weighted by atomic mass is 9.96. The Bertz CT molecular complexity index is 232. The Labute approximate surface area is 91.6 Å². The van der Waals surface area contributed by atoms with Gasteiger partial charge in [-0.15, -0.1) is 0 Å².